The zero-order valence-electron chi connectivity index (χ0n) is 16.4. The molecule has 1 fully saturated rings. The Bertz CT molecular complexity index is 1050. The van der Waals surface area contributed by atoms with E-state index in [9.17, 15) is 10.1 Å². The number of nitrogens with zero attached hydrogens (tertiary/aromatic N) is 2. The number of halogens is 1. The molecular weight excluding hydrogens is 384 g/mol. The third-order valence-corrected chi connectivity index (χ3v) is 6.14. The minimum absolute atomic E-state index is 0.0859. The average molecular weight is 405 g/mol. The van der Waals surface area contributed by atoms with E-state index in [1.165, 1.54) is 0 Å². The lowest BCUT2D eigenvalue weighted by Crippen LogP contribution is -2.39. The number of benzene rings is 2. The van der Waals surface area contributed by atoms with Gasteiger partial charge in [-0.15, -0.1) is 0 Å². The fourth-order valence-electron chi connectivity index (χ4n) is 4.46. The Hall–Kier alpha value is -2.90. The molecule has 146 valence electrons. The van der Waals surface area contributed by atoms with E-state index >= 15 is 0 Å². The first-order valence-corrected chi connectivity index (χ1v) is 10.00. The van der Waals surface area contributed by atoms with Gasteiger partial charge in [0.05, 0.1) is 30.4 Å². The highest BCUT2D eigenvalue weighted by Gasteiger charge is 2.44. The number of nitriles is 1. The molecule has 1 aliphatic carbocycles. The van der Waals surface area contributed by atoms with Gasteiger partial charge >= 0.3 is 0 Å². The summed E-state index contributed by atoms with van der Waals surface area (Å²) < 4.78 is 5.25. The molecule has 0 bridgehead atoms. The topological polar surface area (TPSA) is 62.4 Å². The second kappa shape index (κ2) is 7.85. The molecule has 2 aromatic rings. The predicted octanol–water partition coefficient (Wildman–Crippen LogP) is 5.45. The lowest BCUT2D eigenvalue weighted by atomic mass is 9.66. The number of carbonyl (C=O) groups is 1. The molecule has 4 nitrogen and oxygen atoms in total. The lowest BCUT2D eigenvalue weighted by Gasteiger charge is -2.37. The first-order chi connectivity index (χ1) is 14.0. The summed E-state index contributed by atoms with van der Waals surface area (Å²) in [5.41, 5.74) is 4.18. The predicted molar refractivity (Wildman–Crippen MR) is 113 cm³/mol. The Morgan fingerprint density at radius 3 is 2.31 bits per heavy atom. The number of aliphatic imine (C=N–C) groups is 1. The molecule has 0 radical (unpaired) electrons. The summed E-state index contributed by atoms with van der Waals surface area (Å²) in [6.45, 7) is 1.86. The Balaban J connectivity index is 1.73. The standard InChI is InChI=1S/C24H21ClN2O2/c1-14-20(13-26)23(16-5-9-19(29-2)10-6-16)24-21(27-14)11-17(12-22(24)28)15-3-7-18(25)8-4-15/h3-10,17,23-24H,11-12H2,1-2H3/t17-,23+,24-/m1/s1. The van der Waals surface area contributed by atoms with Gasteiger partial charge in [-0.1, -0.05) is 35.9 Å². The van der Waals surface area contributed by atoms with Crippen molar-refractivity contribution < 1.29 is 9.53 Å². The van der Waals surface area contributed by atoms with E-state index in [-0.39, 0.29) is 23.5 Å². The zero-order chi connectivity index (χ0) is 20.5. The monoisotopic (exact) mass is 404 g/mol. The summed E-state index contributed by atoms with van der Waals surface area (Å²) in [5.74, 6) is 0.288. The molecule has 29 heavy (non-hydrogen) atoms. The molecule has 1 aliphatic heterocycles. The Morgan fingerprint density at radius 1 is 1.03 bits per heavy atom. The SMILES string of the molecule is COc1ccc([C@H]2C(C#N)=C(C)N=C3C[C@@H](c4ccc(Cl)cc4)CC(=O)[C@@H]32)cc1. The third kappa shape index (κ3) is 3.59. The number of rotatable bonds is 3. The number of carbonyl (C=O) groups excluding carboxylic acids is 1. The molecule has 0 saturated heterocycles. The maximum atomic E-state index is 13.3. The van der Waals surface area contributed by atoms with Crippen LogP contribution in [0.25, 0.3) is 0 Å². The second-order valence-electron chi connectivity index (χ2n) is 7.57. The molecule has 1 saturated carbocycles. The molecule has 0 spiro atoms. The fourth-order valence-corrected chi connectivity index (χ4v) is 4.59. The molecule has 0 N–H and O–H groups in total. The number of hydrogen-bond donors (Lipinski definition) is 0. The molecule has 5 heteroatoms. The van der Waals surface area contributed by atoms with Crippen LogP contribution in [-0.2, 0) is 4.79 Å². The van der Waals surface area contributed by atoms with Crippen molar-refractivity contribution in [1.82, 2.24) is 0 Å². The quantitative estimate of drug-likeness (QED) is 0.683. The van der Waals surface area contributed by atoms with E-state index in [1.54, 1.807) is 7.11 Å². The molecule has 2 aliphatic rings. The number of methoxy groups -OCH3 is 1. The summed E-state index contributed by atoms with van der Waals surface area (Å²) in [6.07, 6.45) is 1.15. The normalized spacial score (nSPS) is 23.9. The van der Waals surface area contributed by atoms with Gasteiger partial charge in [0, 0.05) is 23.1 Å². The summed E-state index contributed by atoms with van der Waals surface area (Å²) >= 11 is 6.01. The average Bonchev–Trinajstić information content (AvgIpc) is 2.73. The van der Waals surface area contributed by atoms with Crippen LogP contribution >= 0.6 is 11.6 Å². The molecule has 0 unspecified atom stereocenters. The molecule has 4 rings (SSSR count). The summed E-state index contributed by atoms with van der Waals surface area (Å²) in [5, 5.41) is 10.5. The summed E-state index contributed by atoms with van der Waals surface area (Å²) in [4.78, 5) is 18.0. The lowest BCUT2D eigenvalue weighted by molar-refractivity contribution is -0.122. The summed E-state index contributed by atoms with van der Waals surface area (Å²) in [6, 6.07) is 17.6. The van der Waals surface area contributed by atoms with Crippen LogP contribution in [0.4, 0.5) is 0 Å². The van der Waals surface area contributed by atoms with Crippen molar-refractivity contribution in [3.63, 3.8) is 0 Å². The van der Waals surface area contributed by atoms with Crippen molar-refractivity contribution in [2.75, 3.05) is 7.11 Å². The molecule has 0 aromatic heterocycles. The zero-order valence-corrected chi connectivity index (χ0v) is 17.1. The smallest absolute Gasteiger partial charge is 0.143 e. The highest BCUT2D eigenvalue weighted by atomic mass is 35.5. The van der Waals surface area contributed by atoms with Crippen molar-refractivity contribution in [3.8, 4) is 11.8 Å². The van der Waals surface area contributed by atoms with Crippen molar-refractivity contribution in [1.29, 1.82) is 5.26 Å². The molecule has 1 heterocycles. The van der Waals surface area contributed by atoms with Gasteiger partial charge in [-0.3, -0.25) is 9.79 Å². The Labute approximate surface area is 175 Å². The van der Waals surface area contributed by atoms with E-state index in [1.807, 2.05) is 55.5 Å². The van der Waals surface area contributed by atoms with Gasteiger partial charge in [0.25, 0.3) is 0 Å². The van der Waals surface area contributed by atoms with Crippen LogP contribution in [0.1, 0.15) is 42.7 Å². The Kier molecular flexibility index (Phi) is 5.25. The van der Waals surface area contributed by atoms with E-state index in [0.29, 0.717) is 29.1 Å². The van der Waals surface area contributed by atoms with Crippen LogP contribution < -0.4 is 4.74 Å². The third-order valence-electron chi connectivity index (χ3n) is 5.89. The first kappa shape index (κ1) is 19.4. The number of ether oxygens (including phenoxy) is 1. The van der Waals surface area contributed by atoms with Crippen molar-refractivity contribution in [3.05, 3.63) is 76.0 Å². The molecule has 0 amide bonds. The van der Waals surface area contributed by atoms with Crippen molar-refractivity contribution >= 4 is 23.1 Å². The highest BCUT2D eigenvalue weighted by Crippen LogP contribution is 2.45. The first-order valence-electron chi connectivity index (χ1n) is 9.62. The van der Waals surface area contributed by atoms with Crippen molar-refractivity contribution in [2.45, 2.75) is 31.6 Å². The van der Waals surface area contributed by atoms with Gasteiger partial charge in [0.1, 0.15) is 11.5 Å². The largest absolute Gasteiger partial charge is 0.497 e. The molecule has 3 atom stereocenters. The minimum atomic E-state index is -0.384. The van der Waals surface area contributed by atoms with Crippen LogP contribution in [-0.4, -0.2) is 18.6 Å². The maximum Gasteiger partial charge on any atom is 0.143 e. The minimum Gasteiger partial charge on any atom is -0.497 e. The van der Waals surface area contributed by atoms with Crippen LogP contribution in [0.15, 0.2) is 64.8 Å². The van der Waals surface area contributed by atoms with E-state index in [4.69, 9.17) is 21.3 Å². The van der Waals surface area contributed by atoms with Gasteiger partial charge < -0.3 is 4.74 Å². The summed E-state index contributed by atoms with van der Waals surface area (Å²) in [7, 11) is 1.62. The van der Waals surface area contributed by atoms with Crippen LogP contribution in [0, 0.1) is 17.2 Å². The fraction of sp³-hybridized carbons (Fsp3) is 0.292. The maximum absolute atomic E-state index is 13.3. The van der Waals surface area contributed by atoms with Crippen LogP contribution in [0.5, 0.6) is 5.75 Å². The van der Waals surface area contributed by atoms with E-state index in [2.05, 4.69) is 6.07 Å². The number of allylic oxidation sites excluding steroid dienone is 2. The van der Waals surface area contributed by atoms with Gasteiger partial charge in [0.2, 0.25) is 0 Å². The number of ketones is 1. The van der Waals surface area contributed by atoms with Gasteiger partial charge in [0.15, 0.2) is 0 Å². The molecular formula is C24H21ClN2O2. The van der Waals surface area contributed by atoms with Crippen molar-refractivity contribution in [2.24, 2.45) is 10.9 Å². The Morgan fingerprint density at radius 2 is 1.69 bits per heavy atom. The number of fused-ring (bicyclic) bond motifs is 1. The number of hydrogen-bond acceptors (Lipinski definition) is 4. The van der Waals surface area contributed by atoms with Gasteiger partial charge in [-0.05, 0) is 54.7 Å². The van der Waals surface area contributed by atoms with Crippen LogP contribution in [0.2, 0.25) is 5.02 Å². The number of Topliss-reactive ketones (excluding diaryl/α,β-unsaturated/α-hetero) is 1. The second-order valence-corrected chi connectivity index (χ2v) is 8.00. The van der Waals surface area contributed by atoms with Gasteiger partial charge in [-0.25, -0.2) is 0 Å². The van der Waals surface area contributed by atoms with Gasteiger partial charge in [-0.2, -0.15) is 5.26 Å². The van der Waals surface area contributed by atoms with E-state index in [0.717, 1.165) is 22.6 Å². The highest BCUT2D eigenvalue weighted by molar-refractivity contribution is 6.30. The van der Waals surface area contributed by atoms with Crippen LogP contribution in [0.3, 0.4) is 0 Å². The molecule has 2 aromatic carbocycles. The van der Waals surface area contributed by atoms with E-state index < -0.39 is 0 Å².